The predicted octanol–water partition coefficient (Wildman–Crippen LogP) is 2.86. The van der Waals surface area contributed by atoms with Crippen LogP contribution in [0.25, 0.3) is 0 Å². The van der Waals surface area contributed by atoms with Crippen molar-refractivity contribution < 1.29 is 17.9 Å². The summed E-state index contributed by atoms with van der Waals surface area (Å²) in [7, 11) is -3.77. The lowest BCUT2D eigenvalue weighted by Gasteiger charge is -2.40. The van der Waals surface area contributed by atoms with Gasteiger partial charge in [0.05, 0.1) is 0 Å². The molecule has 2 saturated heterocycles. The zero-order valence-corrected chi connectivity index (χ0v) is 19.6. The van der Waals surface area contributed by atoms with Gasteiger partial charge in [0.1, 0.15) is 16.5 Å². The second-order valence-corrected chi connectivity index (χ2v) is 10.9. The van der Waals surface area contributed by atoms with Gasteiger partial charge in [0.25, 0.3) is 5.91 Å². The van der Waals surface area contributed by atoms with Gasteiger partial charge in [-0.1, -0.05) is 11.6 Å². The van der Waals surface area contributed by atoms with E-state index < -0.39 is 15.6 Å². The van der Waals surface area contributed by atoms with E-state index in [9.17, 15) is 13.2 Å². The van der Waals surface area contributed by atoms with Gasteiger partial charge in [-0.25, -0.2) is 18.5 Å². The van der Waals surface area contributed by atoms with E-state index in [1.165, 1.54) is 12.3 Å². The van der Waals surface area contributed by atoms with Crippen molar-refractivity contribution >= 4 is 33.3 Å². The molecular formula is C22H27ClN4O4S. The second-order valence-electron chi connectivity index (χ2n) is 8.90. The summed E-state index contributed by atoms with van der Waals surface area (Å²) in [6, 6.07) is 10.6. The van der Waals surface area contributed by atoms with Crippen molar-refractivity contribution in [1.82, 2.24) is 10.3 Å². The molecule has 2 aromatic rings. The third-order valence-corrected chi connectivity index (χ3v) is 7.27. The first kappa shape index (κ1) is 22.8. The first-order valence-corrected chi connectivity index (χ1v) is 12.5. The lowest BCUT2D eigenvalue weighted by Crippen LogP contribution is -2.55. The number of fused-ring (bicyclic) bond motifs is 2. The Morgan fingerprint density at radius 1 is 1.16 bits per heavy atom. The summed E-state index contributed by atoms with van der Waals surface area (Å²) in [5, 5.41) is 8.94. The zero-order chi connectivity index (χ0) is 23.1. The van der Waals surface area contributed by atoms with Gasteiger partial charge in [0.2, 0.25) is 10.0 Å². The van der Waals surface area contributed by atoms with Crippen LogP contribution in [0.1, 0.15) is 39.5 Å². The van der Waals surface area contributed by atoms with Gasteiger partial charge in [0.15, 0.2) is 5.60 Å². The number of halogens is 1. The first-order chi connectivity index (χ1) is 15.0. The first-order valence-electron chi connectivity index (χ1n) is 10.6. The molecule has 8 nitrogen and oxygen atoms in total. The molecule has 0 aliphatic carbocycles. The van der Waals surface area contributed by atoms with E-state index in [0.29, 0.717) is 10.8 Å². The molecule has 0 saturated carbocycles. The Morgan fingerprint density at radius 3 is 2.31 bits per heavy atom. The summed E-state index contributed by atoms with van der Waals surface area (Å²) < 4.78 is 28.9. The fourth-order valence-electron chi connectivity index (χ4n) is 4.57. The maximum absolute atomic E-state index is 13.0. The average Bonchev–Trinajstić information content (AvgIpc) is 2.99. The number of anilines is 1. The number of carbonyl (C=O) groups is 1. The summed E-state index contributed by atoms with van der Waals surface area (Å²) >= 11 is 5.92. The van der Waals surface area contributed by atoms with Crippen molar-refractivity contribution in [3.8, 4) is 5.75 Å². The number of sulfonamides is 1. The molecule has 0 radical (unpaired) electrons. The van der Waals surface area contributed by atoms with Crippen molar-refractivity contribution in [3.05, 3.63) is 47.6 Å². The van der Waals surface area contributed by atoms with E-state index in [0.717, 1.165) is 31.5 Å². The van der Waals surface area contributed by atoms with Crippen molar-refractivity contribution in [2.24, 2.45) is 5.14 Å². The number of benzene rings is 1. The monoisotopic (exact) mass is 478 g/mol. The molecule has 3 heterocycles. The maximum atomic E-state index is 13.0. The molecule has 0 spiro atoms. The van der Waals surface area contributed by atoms with E-state index in [-0.39, 0.29) is 28.9 Å². The van der Waals surface area contributed by atoms with Crippen molar-refractivity contribution in [2.45, 2.75) is 68.2 Å². The fourth-order valence-corrected chi connectivity index (χ4v) is 5.15. The molecule has 10 heteroatoms. The van der Waals surface area contributed by atoms with E-state index in [2.05, 4.69) is 15.2 Å². The number of rotatable bonds is 6. The molecule has 1 aromatic carbocycles. The molecule has 32 heavy (non-hydrogen) atoms. The number of primary sulfonamides is 1. The van der Waals surface area contributed by atoms with Crippen molar-refractivity contribution in [2.75, 3.05) is 4.90 Å². The number of ether oxygens (including phenoxy) is 1. The van der Waals surface area contributed by atoms with Gasteiger partial charge in [-0.2, -0.15) is 0 Å². The van der Waals surface area contributed by atoms with Crippen LogP contribution in [0, 0.1) is 0 Å². The molecule has 2 aliphatic rings. The van der Waals surface area contributed by atoms with Crippen LogP contribution in [0.2, 0.25) is 5.02 Å². The average molecular weight is 479 g/mol. The topological polar surface area (TPSA) is 115 Å². The highest BCUT2D eigenvalue weighted by molar-refractivity contribution is 7.89. The Hall–Kier alpha value is -2.36. The number of nitrogens with one attached hydrogen (secondary N) is 1. The molecule has 2 bridgehead atoms. The fraction of sp³-hybridized carbons (Fsp3) is 0.455. The Kier molecular flexibility index (Phi) is 6.08. The minimum absolute atomic E-state index is 0.00124. The molecule has 1 amide bonds. The van der Waals surface area contributed by atoms with E-state index in [1.54, 1.807) is 44.2 Å². The summed E-state index contributed by atoms with van der Waals surface area (Å²) in [6.45, 7) is 3.50. The van der Waals surface area contributed by atoms with Crippen LogP contribution < -0.4 is 20.1 Å². The highest BCUT2D eigenvalue weighted by Gasteiger charge is 2.43. The molecule has 2 aliphatic heterocycles. The second kappa shape index (κ2) is 8.53. The Labute approximate surface area is 193 Å². The molecule has 3 atom stereocenters. The largest absolute Gasteiger partial charge is 0.478 e. The normalized spacial score (nSPS) is 23.1. The zero-order valence-electron chi connectivity index (χ0n) is 18.0. The summed E-state index contributed by atoms with van der Waals surface area (Å²) in [5.74, 6) is 1.15. The van der Waals surface area contributed by atoms with E-state index in [4.69, 9.17) is 21.5 Å². The number of hydrogen-bond acceptors (Lipinski definition) is 6. The molecule has 1 unspecified atom stereocenters. The molecule has 172 valence electrons. The van der Waals surface area contributed by atoms with Gasteiger partial charge < -0.3 is 15.0 Å². The van der Waals surface area contributed by atoms with Crippen molar-refractivity contribution in [3.63, 3.8) is 0 Å². The number of pyridine rings is 1. The van der Waals surface area contributed by atoms with Crippen LogP contribution in [0.4, 0.5) is 5.82 Å². The van der Waals surface area contributed by atoms with E-state index in [1.807, 2.05) is 0 Å². The van der Waals surface area contributed by atoms with Crippen LogP contribution in [0.15, 0.2) is 47.5 Å². The maximum Gasteiger partial charge on any atom is 0.263 e. The third-order valence-electron chi connectivity index (χ3n) is 6.12. The van der Waals surface area contributed by atoms with Crippen LogP contribution in [-0.4, -0.2) is 43.0 Å². The third kappa shape index (κ3) is 4.84. The van der Waals surface area contributed by atoms with Crippen LogP contribution in [0.3, 0.4) is 0 Å². The van der Waals surface area contributed by atoms with E-state index >= 15 is 0 Å². The highest BCUT2D eigenvalue weighted by atomic mass is 35.5. The van der Waals surface area contributed by atoms with Crippen molar-refractivity contribution in [1.29, 1.82) is 0 Å². The Morgan fingerprint density at radius 2 is 1.78 bits per heavy atom. The Bertz CT molecular complexity index is 1080. The smallest absolute Gasteiger partial charge is 0.263 e. The molecular weight excluding hydrogens is 452 g/mol. The van der Waals surface area contributed by atoms with Gasteiger partial charge in [-0.3, -0.25) is 4.79 Å². The number of nitrogens with zero attached hydrogens (tertiary/aromatic N) is 2. The number of nitrogens with two attached hydrogens (primary N) is 1. The summed E-state index contributed by atoms with van der Waals surface area (Å²) in [4.78, 5) is 19.5. The molecule has 3 N–H and O–H groups in total. The minimum atomic E-state index is -3.77. The lowest BCUT2D eigenvalue weighted by atomic mass is 9.96. The number of piperidine rings is 1. The molecule has 4 rings (SSSR count). The lowest BCUT2D eigenvalue weighted by molar-refractivity contribution is -0.135. The van der Waals surface area contributed by atoms with Gasteiger partial charge in [-0.15, -0.1) is 0 Å². The van der Waals surface area contributed by atoms with Crippen LogP contribution >= 0.6 is 11.6 Å². The molecule has 1 aromatic heterocycles. The van der Waals surface area contributed by atoms with Gasteiger partial charge in [0, 0.05) is 29.3 Å². The number of carbonyl (C=O) groups excluding carboxylic acids is 1. The quantitative estimate of drug-likeness (QED) is 0.659. The molecule has 2 fully saturated rings. The van der Waals surface area contributed by atoms with Crippen LogP contribution in [0.5, 0.6) is 5.75 Å². The summed E-state index contributed by atoms with van der Waals surface area (Å²) in [5.41, 5.74) is -1.03. The Balaban J connectivity index is 1.40. The predicted molar refractivity (Wildman–Crippen MR) is 122 cm³/mol. The van der Waals surface area contributed by atoms with Gasteiger partial charge >= 0.3 is 0 Å². The number of aromatic nitrogens is 1. The number of hydrogen-bond donors (Lipinski definition) is 2. The number of amides is 1. The highest BCUT2D eigenvalue weighted by Crippen LogP contribution is 2.39. The minimum Gasteiger partial charge on any atom is -0.478 e. The van der Waals surface area contributed by atoms with Crippen LogP contribution in [-0.2, 0) is 14.8 Å². The standard InChI is InChI=1S/C22H27ClN4O4S/c1-22(2,31-18-7-3-14(23)4-8-18)21(28)26-15-11-16-5-6-17(12-15)27(16)20-10-9-19(13-25-20)32(24,29)30/h3-4,7-10,13,15-17H,5-6,11-12H2,1-2H3,(H,26,28)(H2,24,29,30)/t15?,16-,17+. The van der Waals surface area contributed by atoms with Gasteiger partial charge in [-0.05, 0) is 75.9 Å². The SMILES string of the molecule is CC(C)(Oc1ccc(Cl)cc1)C(=O)NC1C[C@H]2CC[C@@H](C1)N2c1ccc(S(N)(=O)=O)cn1. The summed E-state index contributed by atoms with van der Waals surface area (Å²) in [6.07, 6.45) is 4.88.